The van der Waals surface area contributed by atoms with Gasteiger partial charge in [0.25, 0.3) is 0 Å². The van der Waals surface area contributed by atoms with E-state index in [0.29, 0.717) is 18.0 Å². The van der Waals surface area contributed by atoms with Crippen molar-refractivity contribution in [1.29, 1.82) is 5.26 Å². The Kier molecular flexibility index (Phi) is 6.27. The van der Waals surface area contributed by atoms with E-state index in [4.69, 9.17) is 5.26 Å². The zero-order valence-electron chi connectivity index (χ0n) is 20.7. The molecular weight excluding hydrogens is 444 g/mol. The van der Waals surface area contributed by atoms with E-state index in [1.165, 1.54) is 50.6 Å². The van der Waals surface area contributed by atoms with Crippen LogP contribution in [0.1, 0.15) is 50.5 Å². The molecule has 2 N–H and O–H groups in total. The molecule has 5 atom stereocenters. The van der Waals surface area contributed by atoms with E-state index in [0.717, 1.165) is 40.9 Å². The van der Waals surface area contributed by atoms with E-state index in [1.807, 2.05) is 36.5 Å². The number of rotatable bonds is 6. The van der Waals surface area contributed by atoms with E-state index in [9.17, 15) is 5.11 Å². The number of nitrogens with zero attached hydrogens (tertiary/aromatic N) is 3. The van der Waals surface area contributed by atoms with Crippen molar-refractivity contribution in [3.8, 4) is 22.9 Å². The standard InChI is InChI=1S/C31H34N4O/c32-19-21-8-10-27(11-9-21)35-20-22-14-26(30(35)15-22)16-25-4-1-2-7-29(25)34-31-18-24(12-13-33-31)23-5-3-6-28(36)17-23/h3,5-6,8-13,17-18,22,25-26,29-30,36H,1-2,4,7,14-16,20H2,(H,33,34)/t22-,25+,26-,29-,30-/m1/s1. The van der Waals surface area contributed by atoms with E-state index in [2.05, 4.69) is 39.5 Å². The first-order valence-electron chi connectivity index (χ1n) is 13.4. The second kappa shape index (κ2) is 9.85. The highest BCUT2D eigenvalue weighted by Crippen LogP contribution is 2.48. The number of aromatic nitrogens is 1. The molecule has 6 rings (SSSR count). The first kappa shape index (κ1) is 22.9. The fourth-order valence-corrected chi connectivity index (χ4v) is 7.07. The van der Waals surface area contributed by atoms with Gasteiger partial charge in [-0.3, -0.25) is 0 Å². The van der Waals surface area contributed by atoms with Gasteiger partial charge in [0.15, 0.2) is 0 Å². The van der Waals surface area contributed by atoms with Crippen LogP contribution in [0.15, 0.2) is 66.9 Å². The highest BCUT2D eigenvalue weighted by molar-refractivity contribution is 5.67. The van der Waals surface area contributed by atoms with Crippen LogP contribution in [0.2, 0.25) is 0 Å². The highest BCUT2D eigenvalue weighted by atomic mass is 16.3. The van der Waals surface area contributed by atoms with Crippen LogP contribution < -0.4 is 10.2 Å². The normalized spacial score (nSPS) is 27.1. The predicted octanol–water partition coefficient (Wildman–Crippen LogP) is 6.60. The van der Waals surface area contributed by atoms with Crippen molar-refractivity contribution in [2.24, 2.45) is 17.8 Å². The van der Waals surface area contributed by atoms with Gasteiger partial charge in [0.1, 0.15) is 11.6 Å². The average molecular weight is 479 g/mol. The summed E-state index contributed by atoms with van der Waals surface area (Å²) >= 11 is 0. The molecule has 1 aliphatic heterocycles. The molecule has 3 fully saturated rings. The predicted molar refractivity (Wildman–Crippen MR) is 144 cm³/mol. The number of fused-ring (bicyclic) bond motifs is 2. The van der Waals surface area contributed by atoms with Crippen LogP contribution in [0.25, 0.3) is 11.1 Å². The molecule has 2 aromatic carbocycles. The molecule has 184 valence electrons. The number of hydrogen-bond acceptors (Lipinski definition) is 5. The summed E-state index contributed by atoms with van der Waals surface area (Å²) in [5.41, 5.74) is 4.09. The van der Waals surface area contributed by atoms with Crippen LogP contribution >= 0.6 is 0 Å². The van der Waals surface area contributed by atoms with E-state index in [-0.39, 0.29) is 5.75 Å². The molecule has 1 saturated heterocycles. The number of aromatic hydroxyl groups is 1. The molecule has 3 aromatic rings. The molecule has 0 unspecified atom stereocenters. The molecule has 36 heavy (non-hydrogen) atoms. The molecule has 2 aliphatic carbocycles. The number of piperidine rings is 1. The van der Waals surface area contributed by atoms with Crippen molar-refractivity contribution in [1.82, 2.24) is 4.98 Å². The molecule has 2 saturated carbocycles. The summed E-state index contributed by atoms with van der Waals surface area (Å²) in [6, 6.07) is 23.0. The topological polar surface area (TPSA) is 72.2 Å². The molecule has 3 aliphatic rings. The summed E-state index contributed by atoms with van der Waals surface area (Å²) in [6.07, 6.45) is 10.9. The number of nitriles is 1. The number of nitrogens with one attached hydrogen (secondary N) is 1. The Balaban J connectivity index is 1.15. The quantitative estimate of drug-likeness (QED) is 0.417. The van der Waals surface area contributed by atoms with Crippen molar-refractivity contribution < 1.29 is 5.11 Å². The van der Waals surface area contributed by atoms with Crippen LogP contribution in [-0.2, 0) is 0 Å². The molecule has 5 nitrogen and oxygen atoms in total. The Morgan fingerprint density at radius 2 is 1.81 bits per heavy atom. The minimum absolute atomic E-state index is 0.284. The number of anilines is 2. The average Bonchev–Trinajstić information content (AvgIpc) is 3.51. The molecule has 0 spiro atoms. The second-order valence-electron chi connectivity index (χ2n) is 11.0. The minimum Gasteiger partial charge on any atom is -0.508 e. The fourth-order valence-electron chi connectivity index (χ4n) is 7.07. The minimum atomic E-state index is 0.284. The van der Waals surface area contributed by atoms with Gasteiger partial charge in [0.05, 0.1) is 11.6 Å². The van der Waals surface area contributed by atoms with Crippen LogP contribution in [0, 0.1) is 29.1 Å². The van der Waals surface area contributed by atoms with Crippen molar-refractivity contribution in [2.45, 2.75) is 57.0 Å². The third-order valence-corrected chi connectivity index (χ3v) is 8.73. The van der Waals surface area contributed by atoms with Gasteiger partial charge >= 0.3 is 0 Å². The van der Waals surface area contributed by atoms with E-state index < -0.39 is 0 Å². The lowest BCUT2D eigenvalue weighted by Crippen LogP contribution is -2.41. The maximum atomic E-state index is 9.89. The van der Waals surface area contributed by atoms with Gasteiger partial charge in [-0.2, -0.15) is 5.26 Å². The summed E-state index contributed by atoms with van der Waals surface area (Å²) < 4.78 is 0. The Hall–Kier alpha value is -3.52. The van der Waals surface area contributed by atoms with Gasteiger partial charge in [-0.25, -0.2) is 4.98 Å². The summed E-state index contributed by atoms with van der Waals surface area (Å²) in [5.74, 6) is 3.41. The molecular formula is C31H34N4O. The smallest absolute Gasteiger partial charge is 0.126 e. The van der Waals surface area contributed by atoms with Crippen LogP contribution in [0.4, 0.5) is 11.5 Å². The number of pyridine rings is 1. The van der Waals surface area contributed by atoms with Gasteiger partial charge < -0.3 is 15.3 Å². The van der Waals surface area contributed by atoms with Crippen molar-refractivity contribution in [3.05, 3.63) is 72.4 Å². The maximum absolute atomic E-state index is 9.89. The molecule has 2 heterocycles. The summed E-state index contributed by atoms with van der Waals surface area (Å²) in [4.78, 5) is 7.26. The van der Waals surface area contributed by atoms with Gasteiger partial charge in [0.2, 0.25) is 0 Å². The maximum Gasteiger partial charge on any atom is 0.126 e. The van der Waals surface area contributed by atoms with Crippen molar-refractivity contribution in [3.63, 3.8) is 0 Å². The second-order valence-corrected chi connectivity index (χ2v) is 11.0. The van der Waals surface area contributed by atoms with Gasteiger partial charge in [-0.15, -0.1) is 0 Å². The Labute approximate surface area is 213 Å². The van der Waals surface area contributed by atoms with E-state index >= 15 is 0 Å². The zero-order valence-corrected chi connectivity index (χ0v) is 20.7. The molecule has 0 radical (unpaired) electrons. The first-order chi connectivity index (χ1) is 17.7. The van der Waals surface area contributed by atoms with Crippen LogP contribution in [0.3, 0.4) is 0 Å². The van der Waals surface area contributed by atoms with Crippen LogP contribution in [0.5, 0.6) is 5.75 Å². The monoisotopic (exact) mass is 478 g/mol. The number of hydrogen-bond donors (Lipinski definition) is 2. The molecule has 2 bridgehead atoms. The zero-order chi connectivity index (χ0) is 24.5. The van der Waals surface area contributed by atoms with E-state index in [1.54, 1.807) is 12.1 Å². The lowest BCUT2D eigenvalue weighted by molar-refractivity contribution is 0.243. The Morgan fingerprint density at radius 3 is 2.61 bits per heavy atom. The number of benzene rings is 2. The van der Waals surface area contributed by atoms with Gasteiger partial charge in [0, 0.05) is 30.5 Å². The van der Waals surface area contributed by atoms with Gasteiger partial charge in [-0.1, -0.05) is 25.0 Å². The van der Waals surface area contributed by atoms with Crippen LogP contribution in [-0.4, -0.2) is 28.7 Å². The molecule has 5 heteroatoms. The largest absolute Gasteiger partial charge is 0.508 e. The first-order valence-corrected chi connectivity index (χ1v) is 13.4. The third-order valence-electron chi connectivity index (χ3n) is 8.73. The Morgan fingerprint density at radius 1 is 0.972 bits per heavy atom. The lowest BCUT2D eigenvalue weighted by atomic mass is 9.77. The van der Waals surface area contributed by atoms with Gasteiger partial charge in [-0.05, 0) is 110 Å². The molecule has 1 aromatic heterocycles. The summed E-state index contributed by atoms with van der Waals surface area (Å²) in [7, 11) is 0. The molecule has 0 amide bonds. The summed E-state index contributed by atoms with van der Waals surface area (Å²) in [6.45, 7) is 1.16. The van der Waals surface area contributed by atoms with Crippen molar-refractivity contribution in [2.75, 3.05) is 16.8 Å². The SMILES string of the molecule is N#Cc1ccc(N2C[C@@H]3C[C@H](C[C@@H]4CCCC[C@H]4Nc4cc(-c5cccc(O)c5)ccn4)[C@H]2C3)cc1. The summed E-state index contributed by atoms with van der Waals surface area (Å²) in [5, 5.41) is 22.9. The van der Waals surface area contributed by atoms with Crippen molar-refractivity contribution >= 4 is 11.5 Å². The Bertz CT molecular complexity index is 1250. The number of phenols is 1. The third kappa shape index (κ3) is 4.65. The highest BCUT2D eigenvalue weighted by Gasteiger charge is 2.46. The number of phenolic OH excluding ortho intramolecular Hbond substituents is 1. The lowest BCUT2D eigenvalue weighted by Gasteiger charge is -2.40. The fraction of sp³-hybridized carbons (Fsp3) is 0.419.